The molecule has 1 amide bonds. The Kier molecular flexibility index (Phi) is 4.77. The predicted octanol–water partition coefficient (Wildman–Crippen LogP) is 4.09. The zero-order valence-electron chi connectivity index (χ0n) is 15.3. The Bertz CT molecular complexity index is 716. The number of benzene rings is 1. The quantitative estimate of drug-likeness (QED) is 0.569. The number of halogens is 1. The highest BCUT2D eigenvalue weighted by Crippen LogP contribution is 2.43. The minimum atomic E-state index is -0.476. The second-order valence-corrected chi connectivity index (χ2v) is 8.62. The van der Waals surface area contributed by atoms with Crippen LogP contribution in [0.5, 0.6) is 0 Å². The van der Waals surface area contributed by atoms with Gasteiger partial charge in [-0.05, 0) is 39.7 Å². The Balaban J connectivity index is 1.56. The third kappa shape index (κ3) is 3.87. The molecule has 0 aromatic heterocycles. The van der Waals surface area contributed by atoms with Crippen molar-refractivity contribution in [2.45, 2.75) is 39.2 Å². The fourth-order valence-corrected chi connectivity index (χ4v) is 3.92. The molecule has 26 heavy (non-hydrogen) atoms. The second-order valence-electron chi connectivity index (χ2n) is 8.22. The van der Waals surface area contributed by atoms with E-state index < -0.39 is 10.5 Å². The van der Waals surface area contributed by atoms with Gasteiger partial charge in [-0.25, -0.2) is 4.79 Å². The second kappa shape index (κ2) is 6.61. The molecular formula is C18H24ClN3O4. The summed E-state index contributed by atoms with van der Waals surface area (Å²) in [7, 11) is 0. The summed E-state index contributed by atoms with van der Waals surface area (Å²) in [5.41, 5.74) is 0.506. The normalized spacial score (nSPS) is 19.2. The number of nitro benzene ring substituents is 1. The van der Waals surface area contributed by atoms with E-state index in [-0.39, 0.29) is 17.2 Å². The van der Waals surface area contributed by atoms with Crippen molar-refractivity contribution in [3.63, 3.8) is 0 Å². The molecule has 7 nitrogen and oxygen atoms in total. The van der Waals surface area contributed by atoms with Crippen molar-refractivity contribution in [1.82, 2.24) is 4.90 Å². The van der Waals surface area contributed by atoms with Crippen LogP contribution in [0.15, 0.2) is 18.2 Å². The number of amides is 1. The number of carbonyl (C=O) groups is 1. The first-order valence-corrected chi connectivity index (χ1v) is 9.13. The van der Waals surface area contributed by atoms with Gasteiger partial charge in [0.1, 0.15) is 5.60 Å². The fourth-order valence-electron chi connectivity index (χ4n) is 3.62. The van der Waals surface area contributed by atoms with Gasteiger partial charge >= 0.3 is 6.09 Å². The number of hydrogen-bond donors (Lipinski definition) is 0. The van der Waals surface area contributed by atoms with Crippen LogP contribution in [0.25, 0.3) is 0 Å². The van der Waals surface area contributed by atoms with E-state index in [0.29, 0.717) is 5.02 Å². The van der Waals surface area contributed by atoms with Crippen LogP contribution in [-0.2, 0) is 4.74 Å². The van der Waals surface area contributed by atoms with Crippen LogP contribution >= 0.6 is 11.6 Å². The Labute approximate surface area is 158 Å². The minimum Gasteiger partial charge on any atom is -0.444 e. The molecule has 2 saturated heterocycles. The molecule has 2 fully saturated rings. The molecule has 2 heterocycles. The number of nitrogens with zero attached hydrogens (tertiary/aromatic N) is 3. The van der Waals surface area contributed by atoms with Crippen LogP contribution in [0.3, 0.4) is 0 Å². The van der Waals surface area contributed by atoms with Crippen molar-refractivity contribution in [3.8, 4) is 0 Å². The summed E-state index contributed by atoms with van der Waals surface area (Å²) >= 11 is 6.24. The molecule has 1 spiro atoms. The molecule has 0 aliphatic carbocycles. The topological polar surface area (TPSA) is 75.9 Å². The van der Waals surface area contributed by atoms with Crippen molar-refractivity contribution in [2.24, 2.45) is 5.41 Å². The summed E-state index contributed by atoms with van der Waals surface area (Å²) in [4.78, 5) is 26.4. The molecule has 3 rings (SSSR count). The van der Waals surface area contributed by atoms with E-state index in [1.54, 1.807) is 11.0 Å². The lowest BCUT2D eigenvalue weighted by Gasteiger charge is -2.54. The van der Waals surface area contributed by atoms with Gasteiger partial charge in [0.05, 0.1) is 15.6 Å². The van der Waals surface area contributed by atoms with Crippen molar-refractivity contribution in [2.75, 3.05) is 31.1 Å². The first kappa shape index (κ1) is 18.8. The van der Waals surface area contributed by atoms with E-state index in [2.05, 4.69) is 4.90 Å². The van der Waals surface area contributed by atoms with E-state index in [0.717, 1.165) is 44.7 Å². The van der Waals surface area contributed by atoms with Crippen LogP contribution in [0, 0.1) is 15.5 Å². The molecule has 1 aromatic rings. The SMILES string of the molecule is CC(C)(C)OC(=O)N1CC2(CCN(c3ccc([N+](=O)[O-])cc3Cl)CC2)C1. The minimum absolute atomic E-state index is 0.000717. The molecule has 2 aliphatic heterocycles. The molecule has 0 unspecified atom stereocenters. The van der Waals surface area contributed by atoms with Crippen molar-refractivity contribution >= 4 is 29.1 Å². The maximum atomic E-state index is 12.1. The van der Waals surface area contributed by atoms with Crippen molar-refractivity contribution < 1.29 is 14.5 Å². The molecule has 0 N–H and O–H groups in total. The Morgan fingerprint density at radius 2 is 1.88 bits per heavy atom. The first-order chi connectivity index (χ1) is 12.1. The van der Waals surface area contributed by atoms with Gasteiger partial charge in [-0.3, -0.25) is 10.1 Å². The van der Waals surface area contributed by atoms with Gasteiger partial charge in [-0.1, -0.05) is 11.6 Å². The van der Waals surface area contributed by atoms with E-state index in [9.17, 15) is 14.9 Å². The van der Waals surface area contributed by atoms with Gasteiger partial charge in [0.15, 0.2) is 0 Å². The third-order valence-electron chi connectivity index (χ3n) is 5.01. The van der Waals surface area contributed by atoms with Gasteiger partial charge in [-0.15, -0.1) is 0 Å². The first-order valence-electron chi connectivity index (χ1n) is 8.75. The monoisotopic (exact) mass is 381 g/mol. The van der Waals surface area contributed by atoms with E-state index in [4.69, 9.17) is 16.3 Å². The van der Waals surface area contributed by atoms with Gasteiger partial charge in [-0.2, -0.15) is 0 Å². The summed E-state index contributed by atoms with van der Waals surface area (Å²) in [5, 5.41) is 11.2. The number of nitro groups is 1. The van der Waals surface area contributed by atoms with Crippen LogP contribution in [0.4, 0.5) is 16.2 Å². The van der Waals surface area contributed by atoms with Gasteiger partial charge in [0.2, 0.25) is 0 Å². The van der Waals surface area contributed by atoms with Gasteiger partial charge in [0.25, 0.3) is 5.69 Å². The number of rotatable bonds is 2. The van der Waals surface area contributed by atoms with Crippen LogP contribution < -0.4 is 4.90 Å². The Morgan fingerprint density at radius 3 is 2.38 bits per heavy atom. The number of likely N-dealkylation sites (tertiary alicyclic amines) is 1. The molecule has 8 heteroatoms. The highest BCUT2D eigenvalue weighted by Gasteiger charge is 2.47. The number of anilines is 1. The number of hydrogen-bond acceptors (Lipinski definition) is 5. The van der Waals surface area contributed by atoms with Gasteiger partial charge in [0, 0.05) is 43.7 Å². The summed E-state index contributed by atoms with van der Waals surface area (Å²) in [6, 6.07) is 4.60. The molecule has 0 radical (unpaired) electrons. The number of piperidine rings is 1. The lowest BCUT2D eigenvalue weighted by Crippen LogP contribution is -2.62. The van der Waals surface area contributed by atoms with Crippen molar-refractivity contribution in [1.29, 1.82) is 0 Å². The maximum Gasteiger partial charge on any atom is 0.410 e. The Morgan fingerprint density at radius 1 is 1.27 bits per heavy atom. The fraction of sp³-hybridized carbons (Fsp3) is 0.611. The number of non-ortho nitro benzene ring substituents is 1. The Hall–Kier alpha value is -2.02. The smallest absolute Gasteiger partial charge is 0.410 e. The van der Waals surface area contributed by atoms with E-state index >= 15 is 0 Å². The maximum absolute atomic E-state index is 12.1. The third-order valence-corrected chi connectivity index (χ3v) is 5.31. The van der Waals surface area contributed by atoms with Crippen LogP contribution in [0.2, 0.25) is 5.02 Å². The summed E-state index contributed by atoms with van der Waals surface area (Å²) in [6.07, 6.45) is 1.67. The molecule has 2 aliphatic rings. The molecular weight excluding hydrogens is 358 g/mol. The van der Waals surface area contributed by atoms with E-state index in [1.165, 1.54) is 12.1 Å². The average molecular weight is 382 g/mol. The number of carbonyl (C=O) groups excluding carboxylic acids is 1. The molecule has 0 atom stereocenters. The van der Waals surface area contributed by atoms with Gasteiger partial charge < -0.3 is 14.5 Å². The summed E-state index contributed by atoms with van der Waals surface area (Å²) < 4.78 is 5.42. The predicted molar refractivity (Wildman–Crippen MR) is 99.8 cm³/mol. The highest BCUT2D eigenvalue weighted by atomic mass is 35.5. The standard InChI is InChI=1S/C18H24ClN3O4/c1-17(2,3)26-16(23)21-11-18(12-21)6-8-20(9-7-18)15-5-4-13(22(24)25)10-14(15)19/h4-5,10H,6-9,11-12H2,1-3H3. The van der Waals surface area contributed by atoms with Crippen molar-refractivity contribution in [3.05, 3.63) is 33.3 Å². The molecule has 0 saturated carbocycles. The lowest BCUT2D eigenvalue weighted by molar-refractivity contribution is -0.384. The van der Waals surface area contributed by atoms with E-state index in [1.807, 2.05) is 20.8 Å². The zero-order valence-corrected chi connectivity index (χ0v) is 16.1. The van der Waals surface area contributed by atoms with Crippen LogP contribution in [-0.4, -0.2) is 47.7 Å². The summed E-state index contributed by atoms with van der Waals surface area (Å²) in [5.74, 6) is 0. The largest absolute Gasteiger partial charge is 0.444 e. The van der Waals surface area contributed by atoms with Crippen LogP contribution in [0.1, 0.15) is 33.6 Å². The summed E-state index contributed by atoms with van der Waals surface area (Å²) in [6.45, 7) is 8.69. The average Bonchev–Trinajstić information content (AvgIpc) is 2.51. The highest BCUT2D eigenvalue weighted by molar-refractivity contribution is 6.33. The molecule has 0 bridgehead atoms. The zero-order chi connectivity index (χ0) is 19.1. The number of ether oxygens (including phenoxy) is 1. The molecule has 1 aromatic carbocycles. The molecule has 142 valence electrons. The lowest BCUT2D eigenvalue weighted by atomic mass is 9.72.